The van der Waals surface area contributed by atoms with Crippen molar-refractivity contribution in [1.29, 1.82) is 0 Å². The number of rotatable bonds is 3. The number of fused-ring (bicyclic) bond motifs is 1. The molecule has 9 heteroatoms. The molecule has 0 aliphatic rings. The molecular weight excluding hydrogens is 421 g/mol. The zero-order valence-corrected chi connectivity index (χ0v) is 15.6. The number of halogens is 4. The van der Waals surface area contributed by atoms with Crippen LogP contribution >= 0.6 is 11.6 Å². The quantitative estimate of drug-likeness (QED) is 0.473. The molecule has 2 heterocycles. The third-order valence-electron chi connectivity index (χ3n) is 4.50. The number of carboxylic acid groups (broad SMARTS) is 1. The van der Waals surface area contributed by atoms with Crippen LogP contribution in [0.5, 0.6) is 0 Å². The van der Waals surface area contributed by atoms with Crippen LogP contribution in [0.15, 0.2) is 59.5 Å². The summed E-state index contributed by atoms with van der Waals surface area (Å²) in [5, 5.41) is 8.49. The van der Waals surface area contributed by atoms with Gasteiger partial charge in [0, 0.05) is 17.8 Å². The maximum Gasteiger partial charge on any atom is 0.341 e. The van der Waals surface area contributed by atoms with E-state index in [0.717, 1.165) is 22.9 Å². The van der Waals surface area contributed by atoms with Gasteiger partial charge in [0.1, 0.15) is 17.2 Å². The molecule has 0 bridgehead atoms. The molecule has 0 fully saturated rings. The predicted molar refractivity (Wildman–Crippen MR) is 105 cm³/mol. The SMILES string of the molecule is O=C(O)c1cn(-c2ccc(F)cc2F)c2nc(Cl)c(F)c(-c3ccccc3)c2c1=O. The molecule has 0 amide bonds. The van der Waals surface area contributed by atoms with Crippen LogP contribution in [0, 0.1) is 17.5 Å². The lowest BCUT2D eigenvalue weighted by atomic mass is 10.0. The van der Waals surface area contributed by atoms with E-state index < -0.39 is 45.0 Å². The van der Waals surface area contributed by atoms with Gasteiger partial charge in [-0.1, -0.05) is 41.9 Å². The minimum absolute atomic E-state index is 0.245. The van der Waals surface area contributed by atoms with E-state index in [2.05, 4.69) is 4.98 Å². The standard InChI is InChI=1S/C21H10ClF3N2O3/c22-19-17(25)15(10-4-2-1-3-5-10)16-18(28)12(21(29)30)9-27(20(16)26-19)14-7-6-11(23)8-13(14)24/h1-9H,(H,29,30). The van der Waals surface area contributed by atoms with E-state index in [1.54, 1.807) is 18.2 Å². The highest BCUT2D eigenvalue weighted by Crippen LogP contribution is 2.33. The number of hydrogen-bond donors (Lipinski definition) is 1. The molecule has 0 atom stereocenters. The zero-order chi connectivity index (χ0) is 21.6. The normalized spacial score (nSPS) is 11.1. The van der Waals surface area contributed by atoms with E-state index in [9.17, 15) is 27.9 Å². The minimum atomic E-state index is -1.60. The Morgan fingerprint density at radius 2 is 1.77 bits per heavy atom. The number of pyridine rings is 2. The number of carbonyl (C=O) groups is 1. The number of aromatic carboxylic acids is 1. The smallest absolute Gasteiger partial charge is 0.341 e. The van der Waals surface area contributed by atoms with Gasteiger partial charge >= 0.3 is 5.97 Å². The van der Waals surface area contributed by atoms with Crippen LogP contribution in [0.2, 0.25) is 5.15 Å². The summed E-state index contributed by atoms with van der Waals surface area (Å²) >= 11 is 5.95. The van der Waals surface area contributed by atoms with Crippen molar-refractivity contribution in [2.75, 3.05) is 0 Å². The Kier molecular flexibility index (Phi) is 4.79. The number of benzene rings is 2. The van der Waals surface area contributed by atoms with Crippen molar-refractivity contribution in [3.8, 4) is 16.8 Å². The fourth-order valence-electron chi connectivity index (χ4n) is 3.18. The van der Waals surface area contributed by atoms with E-state index in [-0.39, 0.29) is 22.5 Å². The first kappa shape index (κ1) is 19.7. The number of carboxylic acids is 1. The molecule has 30 heavy (non-hydrogen) atoms. The van der Waals surface area contributed by atoms with Crippen molar-refractivity contribution in [2.45, 2.75) is 0 Å². The van der Waals surface area contributed by atoms with Crippen LogP contribution in [0.1, 0.15) is 10.4 Å². The van der Waals surface area contributed by atoms with Gasteiger partial charge in [-0.2, -0.15) is 0 Å². The van der Waals surface area contributed by atoms with Crippen molar-refractivity contribution in [3.63, 3.8) is 0 Å². The maximum absolute atomic E-state index is 15.0. The second kappa shape index (κ2) is 7.31. The summed E-state index contributed by atoms with van der Waals surface area (Å²) < 4.78 is 43.8. The van der Waals surface area contributed by atoms with Gasteiger partial charge in [0.25, 0.3) is 0 Å². The third kappa shape index (κ3) is 3.11. The molecule has 150 valence electrons. The molecule has 2 aromatic carbocycles. The molecule has 0 radical (unpaired) electrons. The fourth-order valence-corrected chi connectivity index (χ4v) is 3.36. The lowest BCUT2D eigenvalue weighted by molar-refractivity contribution is 0.0695. The van der Waals surface area contributed by atoms with Gasteiger partial charge in [-0.15, -0.1) is 0 Å². The molecule has 0 saturated heterocycles. The van der Waals surface area contributed by atoms with Crippen LogP contribution in [-0.4, -0.2) is 20.6 Å². The molecular formula is C21H10ClF3N2O3. The number of nitrogens with zero attached hydrogens (tertiary/aromatic N) is 2. The summed E-state index contributed by atoms with van der Waals surface area (Å²) in [5.74, 6) is -4.53. The molecule has 4 rings (SSSR count). The molecule has 0 aliphatic heterocycles. The summed E-state index contributed by atoms with van der Waals surface area (Å²) in [6.45, 7) is 0. The van der Waals surface area contributed by atoms with Crippen LogP contribution in [0.25, 0.3) is 27.8 Å². The predicted octanol–water partition coefficient (Wildman–Crippen LogP) is 4.82. The van der Waals surface area contributed by atoms with Gasteiger partial charge in [-0.25, -0.2) is 22.9 Å². The summed E-state index contributed by atoms with van der Waals surface area (Å²) in [6, 6.07) is 10.4. The van der Waals surface area contributed by atoms with Gasteiger partial charge in [0.05, 0.1) is 11.1 Å². The highest BCUT2D eigenvalue weighted by Gasteiger charge is 2.25. The van der Waals surface area contributed by atoms with Crippen molar-refractivity contribution in [2.24, 2.45) is 0 Å². The highest BCUT2D eigenvalue weighted by molar-refractivity contribution is 6.30. The van der Waals surface area contributed by atoms with E-state index in [4.69, 9.17) is 11.6 Å². The van der Waals surface area contributed by atoms with Crippen LogP contribution in [0.4, 0.5) is 13.2 Å². The lowest BCUT2D eigenvalue weighted by Crippen LogP contribution is -2.21. The Hall–Kier alpha value is -3.65. The summed E-state index contributed by atoms with van der Waals surface area (Å²) in [5.41, 5.74) is -2.35. The second-order valence-corrected chi connectivity index (χ2v) is 6.66. The summed E-state index contributed by atoms with van der Waals surface area (Å²) in [7, 11) is 0. The first-order valence-corrected chi connectivity index (χ1v) is 8.86. The Morgan fingerprint density at radius 3 is 2.40 bits per heavy atom. The molecule has 0 unspecified atom stereocenters. The van der Waals surface area contributed by atoms with Gasteiger partial charge in [-0.3, -0.25) is 9.36 Å². The summed E-state index contributed by atoms with van der Waals surface area (Å²) in [4.78, 5) is 28.5. The monoisotopic (exact) mass is 430 g/mol. The Morgan fingerprint density at radius 1 is 1.07 bits per heavy atom. The van der Waals surface area contributed by atoms with Crippen molar-refractivity contribution in [1.82, 2.24) is 9.55 Å². The topological polar surface area (TPSA) is 72.2 Å². The molecule has 1 N–H and O–H groups in total. The minimum Gasteiger partial charge on any atom is -0.477 e. The van der Waals surface area contributed by atoms with E-state index >= 15 is 0 Å². The lowest BCUT2D eigenvalue weighted by Gasteiger charge is -2.16. The summed E-state index contributed by atoms with van der Waals surface area (Å²) in [6.07, 6.45) is 0.847. The second-order valence-electron chi connectivity index (χ2n) is 6.30. The zero-order valence-electron chi connectivity index (χ0n) is 14.9. The average Bonchev–Trinajstić information content (AvgIpc) is 2.71. The fraction of sp³-hybridized carbons (Fsp3) is 0. The van der Waals surface area contributed by atoms with Crippen LogP contribution in [0.3, 0.4) is 0 Å². The highest BCUT2D eigenvalue weighted by atomic mass is 35.5. The van der Waals surface area contributed by atoms with E-state index in [1.807, 2.05) is 0 Å². The van der Waals surface area contributed by atoms with Gasteiger partial charge in [0.2, 0.25) is 5.43 Å². The van der Waals surface area contributed by atoms with Gasteiger partial charge in [0.15, 0.2) is 16.6 Å². The van der Waals surface area contributed by atoms with Crippen LogP contribution < -0.4 is 5.43 Å². The molecule has 5 nitrogen and oxygen atoms in total. The van der Waals surface area contributed by atoms with Crippen LogP contribution in [-0.2, 0) is 0 Å². The number of aromatic nitrogens is 2. The Bertz CT molecular complexity index is 1390. The van der Waals surface area contributed by atoms with E-state index in [0.29, 0.717) is 6.07 Å². The van der Waals surface area contributed by atoms with Gasteiger partial charge in [-0.05, 0) is 17.7 Å². The van der Waals surface area contributed by atoms with Crippen molar-refractivity contribution >= 4 is 28.6 Å². The van der Waals surface area contributed by atoms with Crippen molar-refractivity contribution in [3.05, 3.63) is 93.1 Å². The third-order valence-corrected chi connectivity index (χ3v) is 4.75. The van der Waals surface area contributed by atoms with Crippen molar-refractivity contribution < 1.29 is 23.1 Å². The molecule has 2 aromatic heterocycles. The first-order valence-electron chi connectivity index (χ1n) is 8.48. The molecule has 0 saturated carbocycles. The average molecular weight is 431 g/mol. The molecule has 4 aromatic rings. The largest absolute Gasteiger partial charge is 0.477 e. The molecule has 0 spiro atoms. The molecule has 0 aliphatic carbocycles. The first-order chi connectivity index (χ1) is 14.3. The Labute approximate surface area is 171 Å². The number of hydrogen-bond acceptors (Lipinski definition) is 3. The van der Waals surface area contributed by atoms with E-state index in [1.165, 1.54) is 12.1 Å². The Balaban J connectivity index is 2.25. The van der Waals surface area contributed by atoms with Gasteiger partial charge < -0.3 is 5.11 Å². The maximum atomic E-state index is 15.0.